The van der Waals surface area contributed by atoms with Crippen molar-refractivity contribution in [2.24, 2.45) is 5.73 Å². The van der Waals surface area contributed by atoms with Crippen LogP contribution in [0.25, 0.3) is 0 Å². The van der Waals surface area contributed by atoms with Gasteiger partial charge in [0.05, 0.1) is 0 Å². The molecule has 0 aromatic carbocycles. The fraction of sp³-hybridized carbons (Fsp3) is 0.750. The summed E-state index contributed by atoms with van der Waals surface area (Å²) in [5, 5.41) is 6.53. The summed E-state index contributed by atoms with van der Waals surface area (Å²) in [6.45, 7) is 1.88. The maximum absolute atomic E-state index is 6.53. The van der Waals surface area contributed by atoms with Crippen LogP contribution in [-0.2, 0) is 0 Å². The average Bonchev–Trinajstić information content (AvgIpc) is 1.35. The highest BCUT2D eigenvalue weighted by molar-refractivity contribution is 5.53. The highest BCUT2D eigenvalue weighted by Crippen LogP contribution is 1.75. The van der Waals surface area contributed by atoms with Crippen LogP contribution in [0, 0.1) is 5.41 Å². The molecule has 2 heteroatoms. The summed E-state index contributed by atoms with van der Waals surface area (Å²) in [4.78, 5) is 0. The lowest BCUT2D eigenvalue weighted by molar-refractivity contribution is 0.785. The van der Waals surface area contributed by atoms with Crippen molar-refractivity contribution in [3.63, 3.8) is 0 Å². The summed E-state index contributed by atoms with van der Waals surface area (Å²) in [6, 6.07) is 0.155. The summed E-state index contributed by atoms with van der Waals surface area (Å²) in [7, 11) is 0. The van der Waals surface area contributed by atoms with Crippen LogP contribution in [0.3, 0.4) is 0 Å². The highest BCUT2D eigenvalue weighted by atomic mass is 14.6. The molecule has 0 amide bonds. The molecule has 0 aliphatic carbocycles. The van der Waals surface area contributed by atoms with Crippen molar-refractivity contribution in [1.82, 2.24) is 0 Å². The molecule has 0 spiro atoms. The normalized spacial score (nSPS) is 13.7. The Balaban J connectivity index is 2.81. The first-order valence-electron chi connectivity index (χ1n) is 2.02. The molecule has 0 aliphatic heterocycles. The van der Waals surface area contributed by atoms with Gasteiger partial charge in [0.1, 0.15) is 0 Å². The lowest BCUT2D eigenvalue weighted by Crippen LogP contribution is -2.14. The Bertz CT molecular complexity index is 40.8. The SMILES string of the molecule is C[C@H](N)CC=N. The first kappa shape index (κ1) is 5.63. The summed E-state index contributed by atoms with van der Waals surface area (Å²) in [5.74, 6) is 0. The van der Waals surface area contributed by atoms with E-state index in [-0.39, 0.29) is 6.04 Å². The van der Waals surface area contributed by atoms with Crippen molar-refractivity contribution in [1.29, 1.82) is 5.41 Å². The van der Waals surface area contributed by atoms with Crippen molar-refractivity contribution in [3.8, 4) is 0 Å². The summed E-state index contributed by atoms with van der Waals surface area (Å²) >= 11 is 0. The van der Waals surface area contributed by atoms with Crippen molar-refractivity contribution < 1.29 is 0 Å². The van der Waals surface area contributed by atoms with E-state index >= 15 is 0 Å². The maximum atomic E-state index is 6.53. The molecule has 0 saturated heterocycles. The van der Waals surface area contributed by atoms with E-state index in [0.29, 0.717) is 6.42 Å². The molecular weight excluding hydrogens is 76.1 g/mol. The van der Waals surface area contributed by atoms with E-state index in [4.69, 9.17) is 11.1 Å². The van der Waals surface area contributed by atoms with Crippen molar-refractivity contribution >= 4 is 6.21 Å². The first-order chi connectivity index (χ1) is 2.77. The molecule has 0 saturated carbocycles. The zero-order valence-corrected chi connectivity index (χ0v) is 3.94. The molecule has 2 nitrogen and oxygen atoms in total. The topological polar surface area (TPSA) is 49.9 Å². The molecule has 0 unspecified atom stereocenters. The van der Waals surface area contributed by atoms with Gasteiger partial charge in [-0.3, -0.25) is 0 Å². The molecule has 0 bridgehead atoms. The molecule has 0 heterocycles. The predicted octanol–water partition coefficient (Wildman–Crippen LogP) is 0.373. The molecule has 3 N–H and O–H groups in total. The van der Waals surface area contributed by atoms with Crippen LogP contribution in [0.4, 0.5) is 0 Å². The quantitative estimate of drug-likeness (QED) is 0.469. The van der Waals surface area contributed by atoms with Crippen molar-refractivity contribution in [2.45, 2.75) is 19.4 Å². The third-order valence-corrected chi connectivity index (χ3v) is 0.490. The Kier molecular flexibility index (Phi) is 2.67. The monoisotopic (exact) mass is 86.1 g/mol. The van der Waals surface area contributed by atoms with E-state index in [1.54, 1.807) is 0 Å². The van der Waals surface area contributed by atoms with Gasteiger partial charge in [-0.1, -0.05) is 0 Å². The van der Waals surface area contributed by atoms with Gasteiger partial charge in [0.2, 0.25) is 0 Å². The van der Waals surface area contributed by atoms with E-state index in [2.05, 4.69) is 0 Å². The van der Waals surface area contributed by atoms with Crippen molar-refractivity contribution in [2.75, 3.05) is 0 Å². The minimum Gasteiger partial charge on any atom is -0.328 e. The molecule has 0 radical (unpaired) electrons. The molecule has 0 fully saturated rings. The number of hydrogen-bond acceptors (Lipinski definition) is 2. The summed E-state index contributed by atoms with van der Waals surface area (Å²) in [5.41, 5.74) is 5.25. The van der Waals surface area contributed by atoms with Crippen LogP contribution in [0.2, 0.25) is 0 Å². The van der Waals surface area contributed by atoms with E-state index in [9.17, 15) is 0 Å². The van der Waals surface area contributed by atoms with Crippen LogP contribution >= 0.6 is 0 Å². The highest BCUT2D eigenvalue weighted by Gasteiger charge is 1.83. The Morgan fingerprint density at radius 1 is 2.00 bits per heavy atom. The zero-order valence-electron chi connectivity index (χ0n) is 3.94. The molecule has 0 aromatic rings. The molecule has 0 rings (SSSR count). The molecule has 6 heavy (non-hydrogen) atoms. The van der Waals surface area contributed by atoms with Crippen LogP contribution in [-0.4, -0.2) is 12.3 Å². The fourth-order valence-electron chi connectivity index (χ4n) is 0.186. The third kappa shape index (κ3) is 3.63. The second kappa shape index (κ2) is 2.85. The Hall–Kier alpha value is -0.370. The number of hydrogen-bond donors (Lipinski definition) is 2. The minimum atomic E-state index is 0.155. The fourth-order valence-corrected chi connectivity index (χ4v) is 0.186. The first-order valence-corrected chi connectivity index (χ1v) is 2.02. The van der Waals surface area contributed by atoms with Crippen LogP contribution in [0.1, 0.15) is 13.3 Å². The Morgan fingerprint density at radius 3 is 2.50 bits per heavy atom. The summed E-state index contributed by atoms with van der Waals surface area (Å²) < 4.78 is 0. The number of nitrogens with two attached hydrogens (primary N) is 1. The second-order valence-corrected chi connectivity index (χ2v) is 1.42. The average molecular weight is 86.1 g/mol. The van der Waals surface area contributed by atoms with E-state index in [0.717, 1.165) is 0 Å². The van der Waals surface area contributed by atoms with Gasteiger partial charge >= 0.3 is 0 Å². The maximum Gasteiger partial charge on any atom is 0.00597 e. The van der Waals surface area contributed by atoms with Gasteiger partial charge in [0.15, 0.2) is 0 Å². The summed E-state index contributed by atoms with van der Waals surface area (Å²) in [6.07, 6.45) is 2.02. The van der Waals surface area contributed by atoms with Gasteiger partial charge in [-0.05, 0) is 19.6 Å². The van der Waals surface area contributed by atoms with E-state index in [1.807, 2.05) is 6.92 Å². The van der Waals surface area contributed by atoms with Crippen LogP contribution in [0.5, 0.6) is 0 Å². The van der Waals surface area contributed by atoms with Gasteiger partial charge in [-0.15, -0.1) is 0 Å². The zero-order chi connectivity index (χ0) is 4.99. The Morgan fingerprint density at radius 2 is 2.50 bits per heavy atom. The molecular formula is C4H10N2. The molecule has 36 valence electrons. The minimum absolute atomic E-state index is 0.155. The lowest BCUT2D eigenvalue weighted by Gasteiger charge is -1.92. The van der Waals surface area contributed by atoms with Gasteiger partial charge in [-0.2, -0.15) is 0 Å². The Labute approximate surface area is 37.9 Å². The van der Waals surface area contributed by atoms with Crippen molar-refractivity contribution in [3.05, 3.63) is 0 Å². The number of nitrogens with one attached hydrogen (secondary N) is 1. The van der Waals surface area contributed by atoms with Gasteiger partial charge in [-0.25, -0.2) is 0 Å². The molecule has 0 aliphatic rings. The van der Waals surface area contributed by atoms with Crippen LogP contribution in [0.15, 0.2) is 0 Å². The third-order valence-electron chi connectivity index (χ3n) is 0.490. The predicted molar refractivity (Wildman–Crippen MR) is 27.1 cm³/mol. The second-order valence-electron chi connectivity index (χ2n) is 1.42. The molecule has 0 aromatic heterocycles. The van der Waals surface area contributed by atoms with E-state index < -0.39 is 0 Å². The largest absolute Gasteiger partial charge is 0.328 e. The molecule has 1 atom stereocenters. The van der Waals surface area contributed by atoms with Crippen LogP contribution < -0.4 is 5.73 Å². The van der Waals surface area contributed by atoms with Gasteiger partial charge in [0.25, 0.3) is 0 Å². The lowest BCUT2D eigenvalue weighted by atomic mass is 10.3. The standard InChI is InChI=1S/C4H10N2/c1-4(6)2-3-5/h3-5H,2,6H2,1H3/t4-/m0/s1. The van der Waals surface area contributed by atoms with Gasteiger partial charge < -0.3 is 11.1 Å². The van der Waals surface area contributed by atoms with Gasteiger partial charge in [0, 0.05) is 6.04 Å². The number of rotatable bonds is 2. The van der Waals surface area contributed by atoms with E-state index in [1.165, 1.54) is 6.21 Å². The smallest absolute Gasteiger partial charge is 0.00597 e.